The van der Waals surface area contributed by atoms with Gasteiger partial charge in [-0.1, -0.05) is 0 Å². The van der Waals surface area contributed by atoms with E-state index in [-0.39, 0.29) is 13.1 Å². The van der Waals surface area contributed by atoms with Crippen LogP contribution in [0.2, 0.25) is 0 Å². The Labute approximate surface area is 89.4 Å². The van der Waals surface area contributed by atoms with E-state index in [1.165, 1.54) is 4.90 Å². The van der Waals surface area contributed by atoms with Crippen molar-refractivity contribution in [2.75, 3.05) is 19.6 Å². The number of halogens is 1. The average Bonchev–Trinajstić information content (AvgIpc) is 2.46. The molecule has 1 unspecified atom stereocenters. The average molecular weight is 218 g/mol. The topological polar surface area (TPSA) is 52.6 Å². The summed E-state index contributed by atoms with van der Waals surface area (Å²) in [7, 11) is 0. The highest BCUT2D eigenvalue weighted by atomic mass is 19.1. The summed E-state index contributed by atoms with van der Waals surface area (Å²) in [6, 6.07) is 0. The molecule has 0 spiro atoms. The molecule has 1 aliphatic rings. The van der Waals surface area contributed by atoms with Crippen molar-refractivity contribution >= 4 is 6.09 Å². The Morgan fingerprint density at radius 3 is 2.53 bits per heavy atom. The highest BCUT2D eigenvalue weighted by Gasteiger charge is 2.40. The van der Waals surface area contributed by atoms with Crippen LogP contribution in [0.5, 0.6) is 0 Å². The van der Waals surface area contributed by atoms with Crippen molar-refractivity contribution < 1.29 is 14.3 Å². The number of carbonyl (C=O) groups is 1. The molecule has 4 nitrogen and oxygen atoms in total. The molecule has 1 amide bonds. The summed E-state index contributed by atoms with van der Waals surface area (Å²) < 4.78 is 14.1. The second kappa shape index (κ2) is 3.96. The molecule has 0 saturated carbocycles. The largest absolute Gasteiger partial charge is 0.465 e. The van der Waals surface area contributed by atoms with E-state index in [1.54, 1.807) is 20.8 Å². The van der Waals surface area contributed by atoms with Gasteiger partial charge in [-0.25, -0.2) is 9.18 Å². The summed E-state index contributed by atoms with van der Waals surface area (Å²) >= 11 is 0. The zero-order valence-electron chi connectivity index (χ0n) is 9.51. The Kier molecular flexibility index (Phi) is 3.23. The van der Waals surface area contributed by atoms with Crippen molar-refractivity contribution in [3.8, 4) is 0 Å². The number of nitrogens with zero attached hydrogens (tertiary/aromatic N) is 1. The van der Waals surface area contributed by atoms with E-state index < -0.39 is 17.3 Å². The first kappa shape index (κ1) is 12.2. The maximum absolute atomic E-state index is 14.1. The van der Waals surface area contributed by atoms with Crippen LogP contribution >= 0.6 is 0 Å². The Balaban J connectivity index is 2.71. The number of hydrogen-bond donors (Lipinski definition) is 2. The lowest BCUT2D eigenvalue weighted by Crippen LogP contribution is -2.52. The second-order valence-electron chi connectivity index (χ2n) is 5.12. The van der Waals surface area contributed by atoms with Crippen LogP contribution in [0, 0.1) is 0 Å². The molecule has 0 aromatic rings. The van der Waals surface area contributed by atoms with Gasteiger partial charge in [0, 0.05) is 12.1 Å². The van der Waals surface area contributed by atoms with Crippen LogP contribution in [0.1, 0.15) is 27.2 Å². The first-order chi connectivity index (χ1) is 6.75. The molecule has 0 bridgehead atoms. The van der Waals surface area contributed by atoms with Crippen molar-refractivity contribution in [3.05, 3.63) is 0 Å². The SMILES string of the molecule is CC(C)(C)N(CC1(F)CCNC1)C(=O)O. The summed E-state index contributed by atoms with van der Waals surface area (Å²) in [6.45, 7) is 6.12. The fourth-order valence-electron chi connectivity index (χ4n) is 1.72. The van der Waals surface area contributed by atoms with Gasteiger partial charge in [-0.2, -0.15) is 0 Å². The van der Waals surface area contributed by atoms with E-state index in [9.17, 15) is 9.18 Å². The molecule has 5 heteroatoms. The van der Waals surface area contributed by atoms with Gasteiger partial charge >= 0.3 is 6.09 Å². The number of rotatable bonds is 2. The van der Waals surface area contributed by atoms with Crippen LogP contribution in [0.15, 0.2) is 0 Å². The monoisotopic (exact) mass is 218 g/mol. The molecule has 2 N–H and O–H groups in total. The van der Waals surface area contributed by atoms with E-state index >= 15 is 0 Å². The standard InChI is InChI=1S/C10H19FN2O2/c1-9(2,3)13(8(14)15)7-10(11)4-5-12-6-10/h12H,4-7H2,1-3H3,(H,14,15). The number of carboxylic acid groups (broad SMARTS) is 1. The molecule has 1 atom stereocenters. The first-order valence-corrected chi connectivity index (χ1v) is 5.15. The van der Waals surface area contributed by atoms with Crippen LogP contribution in [0.25, 0.3) is 0 Å². The fraction of sp³-hybridized carbons (Fsp3) is 0.900. The summed E-state index contributed by atoms with van der Waals surface area (Å²) in [6.07, 6.45) is -0.682. The number of amides is 1. The van der Waals surface area contributed by atoms with Crippen LogP contribution in [0.3, 0.4) is 0 Å². The van der Waals surface area contributed by atoms with E-state index in [4.69, 9.17) is 5.11 Å². The van der Waals surface area contributed by atoms with Crippen molar-refractivity contribution in [1.29, 1.82) is 0 Å². The molecular weight excluding hydrogens is 199 g/mol. The van der Waals surface area contributed by atoms with Gasteiger partial charge in [0.2, 0.25) is 0 Å². The maximum atomic E-state index is 14.1. The lowest BCUT2D eigenvalue weighted by Gasteiger charge is -2.36. The summed E-state index contributed by atoms with van der Waals surface area (Å²) in [5.41, 5.74) is -1.97. The third-order valence-corrected chi connectivity index (χ3v) is 2.67. The van der Waals surface area contributed by atoms with Gasteiger partial charge in [-0.05, 0) is 33.7 Å². The summed E-state index contributed by atoms with van der Waals surface area (Å²) in [4.78, 5) is 12.2. The first-order valence-electron chi connectivity index (χ1n) is 5.15. The predicted octanol–water partition coefficient (Wildman–Crippen LogP) is 1.47. The lowest BCUT2D eigenvalue weighted by atomic mass is 10.00. The van der Waals surface area contributed by atoms with Crippen molar-refractivity contribution in [3.63, 3.8) is 0 Å². The molecule has 1 rings (SSSR count). The Morgan fingerprint density at radius 1 is 1.60 bits per heavy atom. The van der Waals surface area contributed by atoms with Crippen LogP contribution in [0.4, 0.5) is 9.18 Å². The van der Waals surface area contributed by atoms with Crippen LogP contribution in [-0.2, 0) is 0 Å². The third kappa shape index (κ3) is 3.06. The zero-order valence-corrected chi connectivity index (χ0v) is 9.51. The fourth-order valence-corrected chi connectivity index (χ4v) is 1.72. The normalized spacial score (nSPS) is 26.7. The Bertz CT molecular complexity index is 244. The minimum absolute atomic E-state index is 0.0567. The van der Waals surface area contributed by atoms with E-state index in [0.717, 1.165) is 0 Å². The van der Waals surface area contributed by atoms with Gasteiger partial charge in [0.1, 0.15) is 5.67 Å². The Morgan fingerprint density at radius 2 is 2.20 bits per heavy atom. The number of nitrogens with one attached hydrogen (secondary N) is 1. The minimum Gasteiger partial charge on any atom is -0.465 e. The summed E-state index contributed by atoms with van der Waals surface area (Å²) in [5.74, 6) is 0. The molecule has 1 heterocycles. The molecule has 0 aliphatic carbocycles. The van der Waals surface area contributed by atoms with Gasteiger partial charge in [-0.15, -0.1) is 0 Å². The van der Waals surface area contributed by atoms with Gasteiger partial charge < -0.3 is 15.3 Å². The van der Waals surface area contributed by atoms with Gasteiger partial charge in [0.25, 0.3) is 0 Å². The molecule has 1 aliphatic heterocycles. The smallest absolute Gasteiger partial charge is 0.407 e. The molecule has 88 valence electrons. The molecule has 1 fully saturated rings. The quantitative estimate of drug-likeness (QED) is 0.738. The second-order valence-corrected chi connectivity index (χ2v) is 5.12. The van der Waals surface area contributed by atoms with E-state index in [1.807, 2.05) is 0 Å². The van der Waals surface area contributed by atoms with Crippen molar-refractivity contribution in [2.45, 2.75) is 38.4 Å². The highest BCUT2D eigenvalue weighted by Crippen LogP contribution is 2.25. The van der Waals surface area contributed by atoms with Gasteiger partial charge in [0.15, 0.2) is 0 Å². The number of alkyl halides is 1. The van der Waals surface area contributed by atoms with Crippen LogP contribution in [-0.4, -0.2) is 46.9 Å². The highest BCUT2D eigenvalue weighted by molar-refractivity contribution is 5.66. The molecule has 0 aromatic carbocycles. The van der Waals surface area contributed by atoms with Crippen LogP contribution < -0.4 is 5.32 Å². The Hall–Kier alpha value is -0.840. The molecule has 1 saturated heterocycles. The zero-order chi connectivity index (χ0) is 11.7. The van der Waals surface area contributed by atoms with Gasteiger partial charge in [-0.3, -0.25) is 0 Å². The van der Waals surface area contributed by atoms with E-state index in [0.29, 0.717) is 13.0 Å². The molecular formula is C10H19FN2O2. The third-order valence-electron chi connectivity index (χ3n) is 2.67. The molecule has 0 aromatic heterocycles. The molecule has 15 heavy (non-hydrogen) atoms. The molecule has 0 radical (unpaired) electrons. The van der Waals surface area contributed by atoms with E-state index in [2.05, 4.69) is 5.32 Å². The number of hydrogen-bond acceptors (Lipinski definition) is 2. The maximum Gasteiger partial charge on any atom is 0.407 e. The van der Waals surface area contributed by atoms with Crippen molar-refractivity contribution in [2.24, 2.45) is 0 Å². The van der Waals surface area contributed by atoms with Crippen molar-refractivity contribution in [1.82, 2.24) is 10.2 Å². The minimum atomic E-state index is -1.41. The lowest BCUT2D eigenvalue weighted by molar-refractivity contribution is 0.0503. The van der Waals surface area contributed by atoms with Gasteiger partial charge in [0.05, 0.1) is 6.54 Å². The predicted molar refractivity (Wildman–Crippen MR) is 55.8 cm³/mol. The summed E-state index contributed by atoms with van der Waals surface area (Å²) in [5, 5.41) is 11.9.